The Morgan fingerprint density at radius 1 is 1.50 bits per heavy atom. The van der Waals surface area contributed by atoms with Crippen molar-refractivity contribution in [3.8, 4) is 0 Å². The molecule has 1 saturated carbocycles. The van der Waals surface area contributed by atoms with E-state index in [2.05, 4.69) is 16.9 Å². The van der Waals surface area contributed by atoms with Crippen molar-refractivity contribution in [2.75, 3.05) is 0 Å². The Hall–Kier alpha value is -1.10. The van der Waals surface area contributed by atoms with Gasteiger partial charge in [0, 0.05) is 29.3 Å². The summed E-state index contributed by atoms with van der Waals surface area (Å²) >= 11 is 1.53. The summed E-state index contributed by atoms with van der Waals surface area (Å²) in [4.78, 5) is 30.2. The molecule has 0 radical (unpaired) electrons. The van der Waals surface area contributed by atoms with E-state index in [4.69, 9.17) is 0 Å². The third-order valence-electron chi connectivity index (χ3n) is 3.28. The van der Waals surface area contributed by atoms with Crippen LogP contribution in [0.15, 0.2) is 16.0 Å². The van der Waals surface area contributed by atoms with E-state index in [0.717, 1.165) is 25.0 Å². The van der Waals surface area contributed by atoms with Gasteiger partial charge in [0.1, 0.15) is 5.78 Å². The maximum Gasteiger partial charge on any atom is 0.251 e. The van der Waals surface area contributed by atoms with Crippen molar-refractivity contribution < 1.29 is 4.79 Å². The topological polar surface area (TPSA) is 62.8 Å². The van der Waals surface area contributed by atoms with Crippen LogP contribution in [0.4, 0.5) is 0 Å². The number of hydrogen-bond donors (Lipinski definition) is 1. The Balaban J connectivity index is 2.14. The van der Waals surface area contributed by atoms with Crippen LogP contribution in [0.3, 0.4) is 0 Å². The highest BCUT2D eigenvalue weighted by atomic mass is 32.2. The molecule has 18 heavy (non-hydrogen) atoms. The van der Waals surface area contributed by atoms with Crippen molar-refractivity contribution in [2.24, 2.45) is 5.92 Å². The van der Waals surface area contributed by atoms with Crippen LogP contribution in [0.1, 0.15) is 38.8 Å². The molecule has 1 N–H and O–H groups in total. The normalized spacial score (nSPS) is 23.6. The first-order valence-corrected chi connectivity index (χ1v) is 7.27. The van der Waals surface area contributed by atoms with Gasteiger partial charge in [0.25, 0.3) is 5.56 Å². The van der Waals surface area contributed by atoms with Crippen LogP contribution in [-0.2, 0) is 11.2 Å². The molecule has 0 aromatic carbocycles. The molecule has 2 unspecified atom stereocenters. The highest BCUT2D eigenvalue weighted by Gasteiger charge is 2.32. The molecule has 0 aliphatic heterocycles. The van der Waals surface area contributed by atoms with E-state index in [0.29, 0.717) is 17.4 Å². The van der Waals surface area contributed by atoms with Crippen molar-refractivity contribution in [2.45, 2.75) is 49.9 Å². The third-order valence-corrected chi connectivity index (χ3v) is 4.65. The van der Waals surface area contributed by atoms with Crippen molar-refractivity contribution in [3.63, 3.8) is 0 Å². The Labute approximate surface area is 111 Å². The first-order chi connectivity index (χ1) is 8.60. The van der Waals surface area contributed by atoms with Crippen molar-refractivity contribution in [1.82, 2.24) is 9.97 Å². The summed E-state index contributed by atoms with van der Waals surface area (Å²) in [5.41, 5.74) is 0.730. The number of aromatic nitrogens is 2. The average Bonchev–Trinajstić information content (AvgIpc) is 2.61. The second-order valence-electron chi connectivity index (χ2n) is 4.74. The molecule has 1 aromatic heterocycles. The summed E-state index contributed by atoms with van der Waals surface area (Å²) in [6, 6.07) is 1.55. The molecule has 4 nitrogen and oxygen atoms in total. The molecule has 2 atom stereocenters. The van der Waals surface area contributed by atoms with Gasteiger partial charge in [0.15, 0.2) is 5.16 Å². The molecule has 0 amide bonds. The summed E-state index contributed by atoms with van der Waals surface area (Å²) in [5.74, 6) is 0.384. The molecule has 1 aliphatic rings. The summed E-state index contributed by atoms with van der Waals surface area (Å²) in [6.07, 6.45) is 3.32. The first kappa shape index (κ1) is 13.3. The number of thioether (sulfide) groups is 1. The van der Waals surface area contributed by atoms with Gasteiger partial charge < -0.3 is 4.98 Å². The maximum atomic E-state index is 11.5. The van der Waals surface area contributed by atoms with Crippen LogP contribution < -0.4 is 5.56 Å². The Kier molecular flexibility index (Phi) is 4.22. The van der Waals surface area contributed by atoms with Gasteiger partial charge in [-0.05, 0) is 12.8 Å². The molecule has 0 saturated heterocycles. The van der Waals surface area contributed by atoms with Crippen molar-refractivity contribution >= 4 is 17.5 Å². The molecule has 5 heteroatoms. The summed E-state index contributed by atoms with van der Waals surface area (Å²) in [5, 5.41) is 0.898. The van der Waals surface area contributed by atoms with Gasteiger partial charge in [-0.2, -0.15) is 0 Å². The van der Waals surface area contributed by atoms with Crippen molar-refractivity contribution in [1.29, 1.82) is 0 Å². The third kappa shape index (κ3) is 3.02. The van der Waals surface area contributed by atoms with Crippen LogP contribution >= 0.6 is 11.8 Å². The minimum Gasteiger partial charge on any atom is -0.301 e. The molecule has 1 aromatic rings. The number of ketones is 1. The largest absolute Gasteiger partial charge is 0.301 e. The van der Waals surface area contributed by atoms with Gasteiger partial charge in [0.05, 0.1) is 0 Å². The fourth-order valence-electron chi connectivity index (χ4n) is 2.20. The fourth-order valence-corrected chi connectivity index (χ4v) is 3.41. The van der Waals surface area contributed by atoms with Gasteiger partial charge in [-0.1, -0.05) is 32.0 Å². The molecule has 1 heterocycles. The van der Waals surface area contributed by atoms with E-state index >= 15 is 0 Å². The van der Waals surface area contributed by atoms with Gasteiger partial charge in [-0.25, -0.2) is 4.98 Å². The van der Waals surface area contributed by atoms with E-state index in [-0.39, 0.29) is 16.7 Å². The number of nitrogens with zero attached hydrogens (tertiary/aromatic N) is 1. The zero-order valence-corrected chi connectivity index (χ0v) is 11.5. The number of nitrogens with one attached hydrogen (secondary N) is 1. The van der Waals surface area contributed by atoms with Crippen molar-refractivity contribution in [3.05, 3.63) is 22.1 Å². The number of Topliss-reactive ketones (excluding diaryl/α,β-unsaturated/α-hetero) is 1. The van der Waals surface area contributed by atoms with Gasteiger partial charge in [-0.3, -0.25) is 9.59 Å². The zero-order chi connectivity index (χ0) is 13.1. The van der Waals surface area contributed by atoms with Crippen LogP contribution in [0.2, 0.25) is 0 Å². The van der Waals surface area contributed by atoms with Gasteiger partial charge in [-0.15, -0.1) is 0 Å². The number of rotatable bonds is 4. The second kappa shape index (κ2) is 5.69. The Morgan fingerprint density at radius 2 is 2.28 bits per heavy atom. The smallest absolute Gasteiger partial charge is 0.251 e. The fraction of sp³-hybridized carbons (Fsp3) is 0.615. The van der Waals surface area contributed by atoms with E-state index in [1.807, 2.05) is 6.92 Å². The predicted molar refractivity (Wildman–Crippen MR) is 71.9 cm³/mol. The van der Waals surface area contributed by atoms with E-state index in [1.54, 1.807) is 6.07 Å². The number of aryl methyl sites for hydroxylation is 1. The lowest BCUT2D eigenvalue weighted by molar-refractivity contribution is -0.120. The minimum atomic E-state index is -0.104. The van der Waals surface area contributed by atoms with Crippen LogP contribution in [0, 0.1) is 5.92 Å². The molecule has 1 aliphatic carbocycles. The molecule has 0 bridgehead atoms. The summed E-state index contributed by atoms with van der Waals surface area (Å²) in [6.45, 7) is 4.02. The Morgan fingerprint density at radius 3 is 2.89 bits per heavy atom. The van der Waals surface area contributed by atoms with Gasteiger partial charge in [0.2, 0.25) is 0 Å². The van der Waals surface area contributed by atoms with Crippen LogP contribution in [0.25, 0.3) is 0 Å². The predicted octanol–water partition coefficient (Wildman–Crippen LogP) is 2.18. The van der Waals surface area contributed by atoms with E-state index < -0.39 is 0 Å². The standard InChI is InChI=1S/C13H18N2O2S/c1-3-4-9-7-12(17)15-13(14-9)18-11-6-5-10(16)8(11)2/h7-8,11H,3-6H2,1-2H3,(H,14,15,17). The second-order valence-corrected chi connectivity index (χ2v) is 5.97. The maximum absolute atomic E-state index is 11.5. The lowest BCUT2D eigenvalue weighted by atomic mass is 10.1. The first-order valence-electron chi connectivity index (χ1n) is 6.39. The number of aromatic amines is 1. The lowest BCUT2D eigenvalue weighted by Crippen LogP contribution is -2.15. The Bertz CT molecular complexity index is 498. The molecule has 98 valence electrons. The molecular weight excluding hydrogens is 248 g/mol. The molecular formula is C13H18N2O2S. The highest BCUT2D eigenvalue weighted by molar-refractivity contribution is 7.99. The van der Waals surface area contributed by atoms with E-state index in [9.17, 15) is 9.59 Å². The minimum absolute atomic E-state index is 0.0649. The number of hydrogen-bond acceptors (Lipinski definition) is 4. The molecule has 2 rings (SSSR count). The SMILES string of the molecule is CCCc1cc(=O)[nH]c(SC2CCC(=O)C2C)n1. The summed E-state index contributed by atoms with van der Waals surface area (Å²) < 4.78 is 0. The molecule has 0 spiro atoms. The zero-order valence-electron chi connectivity index (χ0n) is 10.7. The monoisotopic (exact) mass is 266 g/mol. The van der Waals surface area contributed by atoms with Crippen LogP contribution in [-0.4, -0.2) is 21.0 Å². The lowest BCUT2D eigenvalue weighted by Gasteiger charge is -2.12. The van der Waals surface area contributed by atoms with Gasteiger partial charge >= 0.3 is 0 Å². The highest BCUT2D eigenvalue weighted by Crippen LogP contribution is 2.35. The van der Waals surface area contributed by atoms with Crippen LogP contribution in [0.5, 0.6) is 0 Å². The summed E-state index contributed by atoms with van der Waals surface area (Å²) in [7, 11) is 0. The number of carbonyl (C=O) groups is 1. The number of H-pyrrole nitrogens is 1. The number of carbonyl (C=O) groups excluding carboxylic acids is 1. The van der Waals surface area contributed by atoms with E-state index in [1.165, 1.54) is 11.8 Å². The molecule has 1 fully saturated rings. The quantitative estimate of drug-likeness (QED) is 0.848. The average molecular weight is 266 g/mol.